The van der Waals surface area contributed by atoms with E-state index in [9.17, 15) is 0 Å². The summed E-state index contributed by atoms with van der Waals surface area (Å²) in [4.78, 5) is 0. The van der Waals surface area contributed by atoms with Crippen molar-refractivity contribution in [2.75, 3.05) is 5.43 Å². The van der Waals surface area contributed by atoms with Crippen molar-refractivity contribution in [1.82, 2.24) is 0 Å². The molecule has 0 bridgehead atoms. The molecule has 0 heterocycles. The standard InChI is InChI=1S/C21H22N2/c1-15-12-17(3)20(13-15)19-10-6-5-9-18(19)14-22-23-21-11-7-4-8-16(21)2/h4-12,14,23H,13H2,1-3H3/b22-14+. The lowest BCUT2D eigenvalue weighted by atomic mass is 9.96. The van der Waals surface area contributed by atoms with Crippen molar-refractivity contribution in [2.24, 2.45) is 5.10 Å². The molecule has 23 heavy (non-hydrogen) atoms. The number of allylic oxidation sites excluding steroid dienone is 4. The summed E-state index contributed by atoms with van der Waals surface area (Å²) < 4.78 is 0. The quantitative estimate of drug-likeness (QED) is 0.580. The highest BCUT2D eigenvalue weighted by Gasteiger charge is 2.14. The van der Waals surface area contributed by atoms with E-state index in [1.54, 1.807) is 0 Å². The van der Waals surface area contributed by atoms with Gasteiger partial charge in [0.15, 0.2) is 0 Å². The Bertz CT molecular complexity index is 810. The van der Waals surface area contributed by atoms with E-state index in [2.05, 4.69) is 67.7 Å². The van der Waals surface area contributed by atoms with Gasteiger partial charge in [0.1, 0.15) is 0 Å². The molecule has 1 N–H and O–H groups in total. The lowest BCUT2D eigenvalue weighted by Crippen LogP contribution is -1.96. The molecular formula is C21H22N2. The molecule has 0 radical (unpaired) electrons. The minimum atomic E-state index is 1.03. The molecule has 2 nitrogen and oxygen atoms in total. The number of aryl methyl sites for hydroxylation is 1. The number of para-hydroxylation sites is 1. The molecule has 0 atom stereocenters. The maximum atomic E-state index is 4.43. The lowest BCUT2D eigenvalue weighted by molar-refractivity contribution is 1.26. The van der Waals surface area contributed by atoms with Gasteiger partial charge in [0.25, 0.3) is 0 Å². The molecular weight excluding hydrogens is 280 g/mol. The first-order valence-corrected chi connectivity index (χ1v) is 7.96. The molecule has 2 aromatic rings. The Hall–Kier alpha value is -2.61. The second-order valence-corrected chi connectivity index (χ2v) is 6.10. The molecule has 0 saturated carbocycles. The third-order valence-electron chi connectivity index (χ3n) is 4.21. The number of nitrogens with zero attached hydrogens (tertiary/aromatic N) is 1. The van der Waals surface area contributed by atoms with Crippen molar-refractivity contribution in [1.29, 1.82) is 0 Å². The SMILES string of the molecule is CC1=CC(C)=C(c2ccccc2/C=N/Nc2ccccc2C)C1. The topological polar surface area (TPSA) is 24.4 Å². The fourth-order valence-electron chi connectivity index (χ4n) is 2.99. The summed E-state index contributed by atoms with van der Waals surface area (Å²) in [5.41, 5.74) is 12.0. The smallest absolute Gasteiger partial charge is 0.0590 e. The Labute approximate surface area is 138 Å². The normalized spacial score (nSPS) is 14.5. The summed E-state index contributed by atoms with van der Waals surface area (Å²) in [7, 11) is 0. The molecule has 2 aromatic carbocycles. The van der Waals surface area contributed by atoms with Gasteiger partial charge in [-0.05, 0) is 55.5 Å². The van der Waals surface area contributed by atoms with Crippen molar-refractivity contribution in [3.05, 3.63) is 82.4 Å². The summed E-state index contributed by atoms with van der Waals surface area (Å²) in [5.74, 6) is 0. The zero-order valence-electron chi connectivity index (χ0n) is 13.9. The average molecular weight is 302 g/mol. The van der Waals surface area contributed by atoms with Crippen molar-refractivity contribution in [2.45, 2.75) is 27.2 Å². The monoisotopic (exact) mass is 302 g/mol. The Morgan fingerprint density at radius 2 is 1.70 bits per heavy atom. The van der Waals surface area contributed by atoms with Gasteiger partial charge in [-0.25, -0.2) is 0 Å². The van der Waals surface area contributed by atoms with Crippen molar-refractivity contribution in [3.63, 3.8) is 0 Å². The molecule has 0 unspecified atom stereocenters. The number of nitrogens with one attached hydrogen (secondary N) is 1. The van der Waals surface area contributed by atoms with Gasteiger partial charge >= 0.3 is 0 Å². The summed E-state index contributed by atoms with van der Waals surface area (Å²) in [5, 5.41) is 4.43. The number of rotatable bonds is 4. The minimum absolute atomic E-state index is 1.03. The van der Waals surface area contributed by atoms with E-state index in [0.29, 0.717) is 0 Å². The van der Waals surface area contributed by atoms with E-state index in [1.807, 2.05) is 24.4 Å². The second-order valence-electron chi connectivity index (χ2n) is 6.10. The van der Waals surface area contributed by atoms with Crippen molar-refractivity contribution in [3.8, 4) is 0 Å². The molecule has 1 aliphatic rings. The van der Waals surface area contributed by atoms with Gasteiger partial charge in [-0.1, -0.05) is 54.1 Å². The van der Waals surface area contributed by atoms with Crippen LogP contribution in [-0.2, 0) is 0 Å². The van der Waals surface area contributed by atoms with Gasteiger partial charge < -0.3 is 0 Å². The van der Waals surface area contributed by atoms with Crippen LogP contribution in [0.5, 0.6) is 0 Å². The van der Waals surface area contributed by atoms with Crippen LogP contribution in [-0.4, -0.2) is 6.21 Å². The molecule has 116 valence electrons. The first-order chi connectivity index (χ1) is 11.1. The van der Waals surface area contributed by atoms with Crippen LogP contribution in [0.15, 0.2) is 70.9 Å². The van der Waals surface area contributed by atoms with Gasteiger partial charge in [0.05, 0.1) is 11.9 Å². The molecule has 0 spiro atoms. The molecule has 0 saturated heterocycles. The summed E-state index contributed by atoms with van der Waals surface area (Å²) >= 11 is 0. The first kappa shape index (κ1) is 15.3. The minimum Gasteiger partial charge on any atom is -0.278 e. The summed E-state index contributed by atoms with van der Waals surface area (Å²) in [6, 6.07) is 16.6. The maximum Gasteiger partial charge on any atom is 0.0590 e. The largest absolute Gasteiger partial charge is 0.278 e. The zero-order chi connectivity index (χ0) is 16.2. The maximum absolute atomic E-state index is 4.43. The Morgan fingerprint density at radius 1 is 0.957 bits per heavy atom. The Morgan fingerprint density at radius 3 is 2.43 bits per heavy atom. The molecule has 0 aromatic heterocycles. The van der Waals surface area contributed by atoms with Crippen molar-refractivity contribution < 1.29 is 0 Å². The third-order valence-corrected chi connectivity index (χ3v) is 4.21. The van der Waals surface area contributed by atoms with Crippen LogP contribution >= 0.6 is 0 Å². The van der Waals surface area contributed by atoms with Gasteiger partial charge in [0.2, 0.25) is 0 Å². The van der Waals surface area contributed by atoms with Gasteiger partial charge in [0, 0.05) is 5.56 Å². The predicted molar refractivity (Wildman–Crippen MR) is 99.8 cm³/mol. The van der Waals surface area contributed by atoms with Gasteiger partial charge in [-0.3, -0.25) is 5.43 Å². The second kappa shape index (κ2) is 6.66. The molecule has 1 aliphatic carbocycles. The average Bonchev–Trinajstić information content (AvgIpc) is 2.88. The van der Waals surface area contributed by atoms with Crippen LogP contribution in [0.2, 0.25) is 0 Å². The van der Waals surface area contributed by atoms with E-state index in [0.717, 1.165) is 17.7 Å². The number of hydrazone groups is 1. The lowest BCUT2D eigenvalue weighted by Gasteiger charge is -2.09. The Kier molecular flexibility index (Phi) is 4.42. The molecule has 0 aliphatic heterocycles. The highest BCUT2D eigenvalue weighted by atomic mass is 15.3. The van der Waals surface area contributed by atoms with E-state index in [-0.39, 0.29) is 0 Å². The van der Waals surface area contributed by atoms with Gasteiger partial charge in [-0.15, -0.1) is 0 Å². The summed E-state index contributed by atoms with van der Waals surface area (Å²) in [6.45, 7) is 6.45. The van der Waals surface area contributed by atoms with E-state index < -0.39 is 0 Å². The van der Waals surface area contributed by atoms with Gasteiger partial charge in [-0.2, -0.15) is 5.10 Å². The van der Waals surface area contributed by atoms with E-state index in [4.69, 9.17) is 0 Å². The van der Waals surface area contributed by atoms with Crippen LogP contribution in [0.1, 0.15) is 37.0 Å². The number of hydrogen-bond donors (Lipinski definition) is 1. The highest BCUT2D eigenvalue weighted by molar-refractivity contribution is 5.91. The molecule has 2 heteroatoms. The van der Waals surface area contributed by atoms with Crippen LogP contribution in [0, 0.1) is 6.92 Å². The van der Waals surface area contributed by atoms with E-state index in [1.165, 1.54) is 27.8 Å². The van der Waals surface area contributed by atoms with Crippen LogP contribution < -0.4 is 5.43 Å². The Balaban J connectivity index is 1.83. The van der Waals surface area contributed by atoms with Crippen LogP contribution in [0.25, 0.3) is 5.57 Å². The number of anilines is 1. The first-order valence-electron chi connectivity index (χ1n) is 7.96. The third kappa shape index (κ3) is 3.42. The van der Waals surface area contributed by atoms with E-state index >= 15 is 0 Å². The number of hydrogen-bond acceptors (Lipinski definition) is 2. The predicted octanol–water partition coefficient (Wildman–Crippen LogP) is 5.56. The fourth-order valence-corrected chi connectivity index (χ4v) is 2.99. The summed E-state index contributed by atoms with van der Waals surface area (Å²) in [6.07, 6.45) is 5.21. The number of benzene rings is 2. The molecule has 0 fully saturated rings. The highest BCUT2D eigenvalue weighted by Crippen LogP contribution is 2.34. The zero-order valence-corrected chi connectivity index (χ0v) is 13.9. The molecule has 0 amide bonds. The molecule has 3 rings (SSSR count). The fraction of sp³-hybridized carbons (Fsp3) is 0.190. The van der Waals surface area contributed by atoms with Crippen LogP contribution in [0.4, 0.5) is 5.69 Å². The van der Waals surface area contributed by atoms with Crippen molar-refractivity contribution >= 4 is 17.5 Å². The van der Waals surface area contributed by atoms with Crippen LogP contribution in [0.3, 0.4) is 0 Å².